The van der Waals surface area contributed by atoms with Gasteiger partial charge < -0.3 is 43.9 Å². The van der Waals surface area contributed by atoms with Gasteiger partial charge in [-0.05, 0) is 24.3 Å². The normalized spacial score (nSPS) is 26.7. The summed E-state index contributed by atoms with van der Waals surface area (Å²) in [5.41, 5.74) is 0.352. The number of aliphatic hydroxyl groups is 1. The molecule has 0 amide bonds. The van der Waals surface area contributed by atoms with Gasteiger partial charge in [-0.3, -0.25) is 9.59 Å². The van der Waals surface area contributed by atoms with E-state index in [0.717, 1.165) is 0 Å². The molecular weight excluding hydrogens is 498 g/mol. The van der Waals surface area contributed by atoms with Crippen molar-refractivity contribution in [3.63, 3.8) is 0 Å². The Morgan fingerprint density at radius 3 is 1.61 bits per heavy atom. The van der Waals surface area contributed by atoms with Crippen LogP contribution in [-0.4, -0.2) is 59.5 Å². The molecule has 4 aliphatic rings. The summed E-state index contributed by atoms with van der Waals surface area (Å²) in [4.78, 5) is 47.3. The molecule has 0 fully saturated rings. The van der Waals surface area contributed by atoms with Crippen molar-refractivity contribution < 1.29 is 113 Å². The number of carboxylic acids is 2. The molecule has 36 heavy (non-hydrogen) atoms. The van der Waals surface area contributed by atoms with E-state index in [0.29, 0.717) is 0 Å². The van der Waals surface area contributed by atoms with Crippen LogP contribution in [0.5, 0.6) is 0 Å². The molecule has 13 heteroatoms. The minimum atomic E-state index is -2.31. The Hall–Kier alpha value is -1.80. The van der Waals surface area contributed by atoms with Crippen molar-refractivity contribution in [2.75, 3.05) is 13.2 Å². The van der Waals surface area contributed by atoms with Crippen LogP contribution in [0, 0.1) is 0 Å². The molecule has 2 aliphatic heterocycles. The zero-order valence-corrected chi connectivity index (χ0v) is 23.6. The molecule has 0 aromatic carbocycles. The van der Waals surface area contributed by atoms with Crippen LogP contribution in [0.25, 0.3) is 0 Å². The number of rotatable bonds is 8. The van der Waals surface area contributed by atoms with Gasteiger partial charge in [0.15, 0.2) is 11.6 Å². The van der Waals surface area contributed by atoms with Gasteiger partial charge in [-0.25, -0.2) is 0 Å². The number of carbonyl (C=O) groups excluding carboxylic acids is 4. The van der Waals surface area contributed by atoms with Crippen LogP contribution in [0.3, 0.4) is 0 Å². The molecule has 178 valence electrons. The van der Waals surface area contributed by atoms with Crippen molar-refractivity contribution in [2.24, 2.45) is 0 Å². The first-order chi connectivity index (χ1) is 16.2. The predicted molar refractivity (Wildman–Crippen MR) is 105 cm³/mol. The van der Waals surface area contributed by atoms with Crippen LogP contribution in [0.4, 0.5) is 0 Å². The van der Waals surface area contributed by atoms with Crippen molar-refractivity contribution >= 4 is 23.5 Å². The Morgan fingerprint density at radius 2 is 1.25 bits per heavy atom. The van der Waals surface area contributed by atoms with Crippen molar-refractivity contribution in [2.45, 2.75) is 30.5 Å². The van der Waals surface area contributed by atoms with Gasteiger partial charge in [-0.1, -0.05) is 24.3 Å². The minimum Gasteiger partial charge on any atom is -0.543 e. The van der Waals surface area contributed by atoms with E-state index in [1.165, 1.54) is 48.6 Å². The zero-order chi connectivity index (χ0) is 24.5. The van der Waals surface area contributed by atoms with Crippen molar-refractivity contribution in [3.8, 4) is 0 Å². The number of aliphatic hydroxyl groups excluding tert-OH is 1. The maximum Gasteiger partial charge on any atom is 1.00 e. The molecule has 4 rings (SSSR count). The van der Waals surface area contributed by atoms with Crippen LogP contribution in [0.2, 0.25) is 0 Å². The molecule has 0 saturated heterocycles. The van der Waals surface area contributed by atoms with Gasteiger partial charge in [0.1, 0.15) is 29.6 Å². The monoisotopic (exact) mass is 516 g/mol. The van der Waals surface area contributed by atoms with Crippen LogP contribution < -0.4 is 69.3 Å². The SMILES string of the molecule is O=C1C=CC=C2OC(OCC(O)COC3(C(=O)[O-])CC=C4C(=O)C=CC=C4O3)(C(=O)[O-])CC=C12.[Na+].[Na+]. The molecule has 0 saturated carbocycles. The Bertz CT molecular complexity index is 1060. The van der Waals surface area contributed by atoms with E-state index in [1.54, 1.807) is 0 Å². The van der Waals surface area contributed by atoms with E-state index in [9.17, 15) is 34.5 Å². The van der Waals surface area contributed by atoms with E-state index in [-0.39, 0.29) is 106 Å². The van der Waals surface area contributed by atoms with E-state index in [2.05, 4.69) is 0 Å². The third-order valence-corrected chi connectivity index (χ3v) is 5.39. The van der Waals surface area contributed by atoms with E-state index in [1.807, 2.05) is 0 Å². The number of hydrogen-bond acceptors (Lipinski definition) is 11. The van der Waals surface area contributed by atoms with E-state index in [4.69, 9.17) is 18.9 Å². The van der Waals surface area contributed by atoms with E-state index >= 15 is 0 Å². The number of allylic oxidation sites excluding steroid dienone is 8. The maximum absolute atomic E-state index is 11.9. The quantitative estimate of drug-likeness (QED) is 0.304. The summed E-state index contributed by atoms with van der Waals surface area (Å²) in [6.07, 6.45) is 8.54. The summed E-state index contributed by atoms with van der Waals surface area (Å²) in [7, 11) is 0. The molecule has 0 aromatic heterocycles. The molecule has 0 bridgehead atoms. The van der Waals surface area contributed by atoms with Gasteiger partial charge in [-0.2, -0.15) is 0 Å². The van der Waals surface area contributed by atoms with Gasteiger partial charge in [0.25, 0.3) is 11.6 Å². The van der Waals surface area contributed by atoms with Crippen LogP contribution in [0.15, 0.2) is 71.3 Å². The molecule has 0 radical (unpaired) electrons. The number of hydrogen-bond donors (Lipinski definition) is 1. The first kappa shape index (κ1) is 30.4. The van der Waals surface area contributed by atoms with Crippen LogP contribution in [0.1, 0.15) is 12.8 Å². The molecule has 2 unspecified atom stereocenters. The topological polar surface area (TPSA) is 172 Å². The van der Waals surface area contributed by atoms with Gasteiger partial charge in [0.2, 0.25) is 0 Å². The molecule has 2 aliphatic carbocycles. The van der Waals surface area contributed by atoms with Gasteiger partial charge >= 0.3 is 59.1 Å². The summed E-state index contributed by atoms with van der Waals surface area (Å²) >= 11 is 0. The Labute approximate surface area is 249 Å². The second-order valence-electron chi connectivity index (χ2n) is 7.71. The van der Waals surface area contributed by atoms with Crippen molar-refractivity contribution in [3.05, 3.63) is 71.3 Å². The molecular formula is C23H18Na2O11. The Morgan fingerprint density at radius 1 is 0.861 bits per heavy atom. The average molecular weight is 516 g/mol. The first-order valence-electron chi connectivity index (χ1n) is 10.2. The fourth-order valence-corrected chi connectivity index (χ4v) is 3.59. The number of ether oxygens (including phenoxy) is 4. The number of aliphatic carboxylic acids is 2. The standard InChI is InChI=1S/C23H20O11.2Na/c24-13(11-31-22(20(27)28)9-7-14-16(25)3-1-5-18(14)33-22)12-32-23(21(29)30)10-8-15-17(26)4-2-6-19(15)34-23;;/h1-8,13,24H,9-12H2,(H,27,28)(H,29,30);;/q;2*+1/p-2. The fraction of sp³-hybridized carbons (Fsp3) is 0.304. The predicted octanol–water partition coefficient (Wildman–Crippen LogP) is -7.98. The number of carboxylic acid groups (broad SMARTS) is 2. The van der Waals surface area contributed by atoms with Gasteiger partial charge in [0, 0.05) is 12.8 Å². The molecule has 2 heterocycles. The zero-order valence-electron chi connectivity index (χ0n) is 19.6. The first-order valence-corrected chi connectivity index (χ1v) is 10.2. The maximum atomic E-state index is 11.9. The Kier molecular flexibility index (Phi) is 10.3. The summed E-state index contributed by atoms with van der Waals surface area (Å²) < 4.78 is 21.4. The summed E-state index contributed by atoms with van der Waals surface area (Å²) in [6.45, 7) is -1.30. The van der Waals surface area contributed by atoms with E-state index < -0.39 is 42.8 Å². The second-order valence-corrected chi connectivity index (χ2v) is 7.71. The number of fused-ring (bicyclic) bond motifs is 2. The van der Waals surface area contributed by atoms with Crippen molar-refractivity contribution in [1.82, 2.24) is 0 Å². The Balaban J connectivity index is 0.00000228. The van der Waals surface area contributed by atoms with Crippen LogP contribution in [-0.2, 0) is 38.1 Å². The minimum absolute atomic E-state index is 0. The largest absolute Gasteiger partial charge is 1.00 e. The summed E-state index contributed by atoms with van der Waals surface area (Å²) in [5, 5.41) is 33.8. The van der Waals surface area contributed by atoms with Crippen LogP contribution >= 0.6 is 0 Å². The molecule has 0 spiro atoms. The van der Waals surface area contributed by atoms with Gasteiger partial charge in [0.05, 0.1) is 24.4 Å². The van der Waals surface area contributed by atoms with Gasteiger partial charge in [-0.15, -0.1) is 0 Å². The number of carbonyl (C=O) groups is 4. The van der Waals surface area contributed by atoms with Crippen molar-refractivity contribution in [1.29, 1.82) is 0 Å². The number of ketones is 2. The summed E-state index contributed by atoms with van der Waals surface area (Å²) in [6, 6.07) is 0. The molecule has 0 aromatic rings. The summed E-state index contributed by atoms with van der Waals surface area (Å²) in [5.74, 6) is -8.86. The second kappa shape index (κ2) is 12.2. The third-order valence-electron chi connectivity index (χ3n) is 5.39. The molecule has 11 nitrogen and oxygen atoms in total. The molecule has 2 atom stereocenters. The average Bonchev–Trinajstić information content (AvgIpc) is 2.81. The fourth-order valence-electron chi connectivity index (χ4n) is 3.59. The molecule has 1 N–H and O–H groups in total. The third kappa shape index (κ3) is 6.01. The smallest absolute Gasteiger partial charge is 0.543 e.